The third kappa shape index (κ3) is 7.15. The minimum Gasteiger partial charge on any atom is -0.493 e. The van der Waals surface area contributed by atoms with Gasteiger partial charge in [0.15, 0.2) is 11.5 Å². The van der Waals surface area contributed by atoms with Gasteiger partial charge in [0.1, 0.15) is 23.7 Å². The van der Waals surface area contributed by atoms with Crippen LogP contribution in [0.25, 0.3) is 12.7 Å². The number of ether oxygens (including phenoxy) is 4. The Balaban J connectivity index is 1.44. The van der Waals surface area contributed by atoms with E-state index in [4.69, 9.17) is 24.2 Å². The highest BCUT2D eigenvalue weighted by Gasteiger charge is 2.36. The second kappa shape index (κ2) is 13.3. The summed E-state index contributed by atoms with van der Waals surface area (Å²) in [6, 6.07) is 7.84. The molecule has 2 heterocycles. The molecular weight excluding hydrogens is 536 g/mol. The zero-order valence-electron chi connectivity index (χ0n) is 24.8. The van der Waals surface area contributed by atoms with Crippen LogP contribution in [0, 0.1) is 32.1 Å². The Kier molecular flexibility index (Phi) is 9.82. The first kappa shape index (κ1) is 30.3. The number of thiazole rings is 1. The molecule has 7 nitrogen and oxygen atoms in total. The molecule has 0 fully saturated rings. The number of fused-ring (bicyclic) bond motifs is 1. The van der Waals surface area contributed by atoms with Crippen molar-refractivity contribution in [3.05, 3.63) is 65.6 Å². The van der Waals surface area contributed by atoms with Gasteiger partial charge in [-0.3, -0.25) is 4.79 Å². The summed E-state index contributed by atoms with van der Waals surface area (Å²) in [7, 11) is 1.61. The van der Waals surface area contributed by atoms with Crippen molar-refractivity contribution in [2.24, 2.45) is 0 Å². The summed E-state index contributed by atoms with van der Waals surface area (Å²) >= 11 is 1.32. The number of rotatable bonds is 12. The summed E-state index contributed by atoms with van der Waals surface area (Å²) in [5.41, 5.74) is 4.76. The Bertz CT molecular complexity index is 1600. The molecule has 0 amide bonds. The number of benzene rings is 2. The topological polar surface area (TPSA) is 93.6 Å². The minimum atomic E-state index is -0.507. The first-order valence-corrected chi connectivity index (χ1v) is 15.0. The Labute approximate surface area is 246 Å². The van der Waals surface area contributed by atoms with Crippen LogP contribution in [0.3, 0.4) is 0 Å². The maximum Gasteiger partial charge on any atom is 0.266 e. The van der Waals surface area contributed by atoms with Gasteiger partial charge in [0.05, 0.1) is 29.0 Å². The summed E-state index contributed by atoms with van der Waals surface area (Å²) in [5, 5.41) is 8.69. The molecule has 0 bridgehead atoms. The van der Waals surface area contributed by atoms with Gasteiger partial charge in [0.25, 0.3) is 5.56 Å². The highest BCUT2D eigenvalue weighted by Crippen LogP contribution is 2.44. The smallest absolute Gasteiger partial charge is 0.266 e. The molecule has 41 heavy (non-hydrogen) atoms. The zero-order chi connectivity index (χ0) is 29.6. The van der Waals surface area contributed by atoms with Gasteiger partial charge in [-0.1, -0.05) is 25.5 Å². The Morgan fingerprint density at radius 1 is 1.12 bits per heavy atom. The lowest BCUT2D eigenvalue weighted by atomic mass is 9.87. The number of hydrogen-bond acceptors (Lipinski definition) is 7. The lowest BCUT2D eigenvalue weighted by Gasteiger charge is -2.38. The first-order valence-electron chi connectivity index (χ1n) is 14.2. The predicted molar refractivity (Wildman–Crippen MR) is 164 cm³/mol. The highest BCUT2D eigenvalue weighted by molar-refractivity contribution is 7.07. The highest BCUT2D eigenvalue weighted by atomic mass is 32.1. The molecule has 2 aromatic carbocycles. The predicted octanol–water partition coefficient (Wildman–Crippen LogP) is 5.62. The first-order chi connectivity index (χ1) is 19.7. The Hall–Kier alpha value is -3.70. The van der Waals surface area contributed by atoms with Crippen LogP contribution in [-0.4, -0.2) is 30.9 Å². The van der Waals surface area contributed by atoms with Gasteiger partial charge in [-0.05, 0) is 93.8 Å². The van der Waals surface area contributed by atoms with Crippen molar-refractivity contribution in [3.63, 3.8) is 0 Å². The lowest BCUT2D eigenvalue weighted by molar-refractivity contribution is 0.0158. The van der Waals surface area contributed by atoms with Gasteiger partial charge in [0.2, 0.25) is 0 Å². The molecule has 0 saturated carbocycles. The molecule has 1 atom stereocenters. The van der Waals surface area contributed by atoms with Crippen molar-refractivity contribution in [2.45, 2.75) is 78.2 Å². The second-order valence-corrected chi connectivity index (χ2v) is 12.1. The van der Waals surface area contributed by atoms with Crippen LogP contribution in [-0.2, 0) is 6.42 Å². The van der Waals surface area contributed by atoms with E-state index in [1.165, 1.54) is 16.9 Å². The molecule has 1 aliphatic heterocycles. The molecule has 1 N–H and O–H groups in total. The third-order valence-electron chi connectivity index (χ3n) is 7.72. The van der Waals surface area contributed by atoms with E-state index in [-0.39, 0.29) is 5.56 Å². The van der Waals surface area contributed by atoms with Crippen molar-refractivity contribution in [3.8, 4) is 29.1 Å². The molecule has 218 valence electrons. The largest absolute Gasteiger partial charge is 0.493 e. The van der Waals surface area contributed by atoms with Gasteiger partial charge in [-0.25, -0.2) is 0 Å². The van der Waals surface area contributed by atoms with E-state index >= 15 is 0 Å². The van der Waals surface area contributed by atoms with Crippen LogP contribution in [0.4, 0.5) is 0 Å². The minimum absolute atomic E-state index is 0.148. The fraction of sp³-hybridized carbons (Fsp3) is 0.455. The van der Waals surface area contributed by atoms with Crippen molar-refractivity contribution in [1.82, 2.24) is 4.98 Å². The van der Waals surface area contributed by atoms with Gasteiger partial charge >= 0.3 is 0 Å². The second-order valence-electron chi connectivity index (χ2n) is 10.9. The average molecular weight is 577 g/mol. The van der Waals surface area contributed by atoms with Crippen molar-refractivity contribution in [1.29, 1.82) is 5.26 Å². The van der Waals surface area contributed by atoms with Crippen molar-refractivity contribution >= 4 is 24.0 Å². The van der Waals surface area contributed by atoms with E-state index in [2.05, 4.69) is 45.3 Å². The fourth-order valence-electron chi connectivity index (χ4n) is 5.20. The number of H-pyrrole nitrogens is 1. The van der Waals surface area contributed by atoms with Crippen LogP contribution in [0.5, 0.6) is 23.0 Å². The zero-order valence-corrected chi connectivity index (χ0v) is 25.6. The molecule has 3 aromatic rings. The molecule has 0 aliphatic carbocycles. The molecule has 4 rings (SSSR count). The van der Waals surface area contributed by atoms with E-state index in [0.29, 0.717) is 40.3 Å². The number of nitrogens with one attached hydrogen (secondary N) is 1. The molecule has 0 radical (unpaired) electrons. The van der Waals surface area contributed by atoms with Crippen LogP contribution in [0.15, 0.2) is 23.0 Å². The molecule has 0 spiro atoms. The summed E-state index contributed by atoms with van der Waals surface area (Å²) in [6.07, 6.45) is 8.21. The molecule has 0 saturated heterocycles. The van der Waals surface area contributed by atoms with Gasteiger partial charge in [-0.15, -0.1) is 11.3 Å². The van der Waals surface area contributed by atoms with Crippen LogP contribution >= 0.6 is 11.3 Å². The number of unbranched alkanes of at least 4 members (excludes halogenated alkanes) is 4. The summed E-state index contributed by atoms with van der Waals surface area (Å²) in [6.45, 7) is 13.3. The van der Waals surface area contributed by atoms with Gasteiger partial charge in [0, 0.05) is 12.0 Å². The lowest BCUT2D eigenvalue weighted by Crippen LogP contribution is -2.42. The Morgan fingerprint density at radius 3 is 2.61 bits per heavy atom. The molecule has 0 unspecified atom stereocenters. The molecule has 8 heteroatoms. The van der Waals surface area contributed by atoms with E-state index in [1.54, 1.807) is 7.11 Å². The summed E-state index contributed by atoms with van der Waals surface area (Å²) in [5.74, 6) is 3.12. The molecular formula is C33H40N2O5S. The summed E-state index contributed by atoms with van der Waals surface area (Å²) in [4.78, 5) is 14.8. The number of methoxy groups -OCH3 is 1. The Morgan fingerprint density at radius 2 is 1.90 bits per heavy atom. The SMILES string of the molecule is C=c1[nH]c(=O)/c(=C\c2ccc(OC[C@]3(C)CCc4c(C)c(OCCCCCCC#N)c(C)c(C)c4O3)c(OC)c2)s1. The van der Waals surface area contributed by atoms with Gasteiger partial charge in [-0.2, -0.15) is 5.26 Å². The average Bonchev–Trinajstić information content (AvgIpc) is 3.27. The number of aromatic nitrogens is 1. The number of aromatic amines is 1. The van der Waals surface area contributed by atoms with E-state index in [9.17, 15) is 4.79 Å². The maximum absolute atomic E-state index is 12.0. The van der Waals surface area contributed by atoms with Gasteiger partial charge < -0.3 is 23.9 Å². The van der Waals surface area contributed by atoms with Crippen molar-refractivity contribution in [2.75, 3.05) is 20.3 Å². The van der Waals surface area contributed by atoms with Crippen LogP contribution < -0.4 is 33.7 Å². The van der Waals surface area contributed by atoms with Crippen LogP contribution in [0.2, 0.25) is 0 Å². The molecule has 1 aliphatic rings. The fourth-order valence-corrected chi connectivity index (χ4v) is 5.94. The van der Waals surface area contributed by atoms with Crippen LogP contribution in [0.1, 0.15) is 73.3 Å². The normalized spacial score (nSPS) is 16.5. The van der Waals surface area contributed by atoms with Crippen molar-refractivity contribution < 1.29 is 18.9 Å². The maximum atomic E-state index is 12.0. The number of hydrogen-bond donors (Lipinski definition) is 1. The monoisotopic (exact) mass is 576 g/mol. The number of nitrogens with zero attached hydrogens (tertiary/aromatic N) is 1. The third-order valence-corrected chi connectivity index (χ3v) is 8.59. The van der Waals surface area contributed by atoms with E-state index in [0.717, 1.165) is 72.3 Å². The van der Waals surface area contributed by atoms with E-state index < -0.39 is 5.60 Å². The van der Waals surface area contributed by atoms with E-state index in [1.807, 2.05) is 24.3 Å². The standard InChI is InChI=1S/C33H40N2O5S/c1-21-22(2)31-26(23(3)30(21)38-17-11-9-7-8-10-16-34)14-15-33(5,40-31)20-39-27-13-12-25(18-28(27)37-6)19-29-32(36)35-24(4)41-29/h12-13,18-19H,4,7-11,14-15,17,20H2,1-3,5-6H3,(H,35,36)/b29-19+/t33-/m0/s1. The summed E-state index contributed by atoms with van der Waals surface area (Å²) < 4.78 is 26.0. The number of nitriles is 1. The quantitative estimate of drug-likeness (QED) is 0.281. The molecule has 1 aromatic heterocycles.